The Kier molecular flexibility index (Phi) is 12.2. The third kappa shape index (κ3) is 9.05. The van der Waals surface area contributed by atoms with Crippen LogP contribution in [0.4, 0.5) is 5.69 Å². The summed E-state index contributed by atoms with van der Waals surface area (Å²) in [6.07, 6.45) is 5.65. The standard InChI is InChI=1S/C33H47N5O7S/c1-22-18-38(23(2)21-39)33(40)29-17-28(36-46(41,42)32-25(4)35-45-26(32)5)10-11-30(29)44-24(3)9-7-8-16-43-31(22)20-37(6)19-27-12-14-34-15-13-27/h10-15,17,22-24,31,36,39H,7-9,16,18-21H2,1-6H3/t22-,23+,24-,31-/m1/s1. The second kappa shape index (κ2) is 15.9. The molecule has 2 N–H and O–H groups in total. The van der Waals surface area contributed by atoms with Gasteiger partial charge in [-0.1, -0.05) is 12.1 Å². The molecule has 3 aromatic rings. The molecule has 0 fully saturated rings. The van der Waals surface area contributed by atoms with Gasteiger partial charge in [-0.3, -0.25) is 19.4 Å². The van der Waals surface area contributed by atoms with Crippen molar-refractivity contribution in [3.8, 4) is 5.75 Å². The molecular weight excluding hydrogens is 610 g/mol. The van der Waals surface area contributed by atoms with Crippen molar-refractivity contribution >= 4 is 21.6 Å². The van der Waals surface area contributed by atoms with Crippen LogP contribution in [-0.2, 0) is 21.3 Å². The highest BCUT2D eigenvalue weighted by atomic mass is 32.2. The molecule has 0 bridgehead atoms. The number of hydrogen-bond acceptors (Lipinski definition) is 10. The molecule has 1 amide bonds. The smallest absolute Gasteiger partial charge is 0.267 e. The first-order valence-electron chi connectivity index (χ1n) is 15.8. The lowest BCUT2D eigenvalue weighted by Crippen LogP contribution is -2.47. The molecule has 0 saturated heterocycles. The van der Waals surface area contributed by atoms with E-state index >= 15 is 0 Å². The molecule has 252 valence electrons. The quantitative estimate of drug-likeness (QED) is 0.339. The predicted molar refractivity (Wildman–Crippen MR) is 174 cm³/mol. The van der Waals surface area contributed by atoms with Gasteiger partial charge in [-0.25, -0.2) is 8.42 Å². The summed E-state index contributed by atoms with van der Waals surface area (Å²) in [5.74, 6) is 0.0411. The number of sulfonamides is 1. The molecule has 1 aromatic carbocycles. The van der Waals surface area contributed by atoms with Gasteiger partial charge in [0.15, 0.2) is 10.7 Å². The van der Waals surface area contributed by atoms with E-state index in [0.29, 0.717) is 25.4 Å². The number of hydrogen-bond donors (Lipinski definition) is 2. The summed E-state index contributed by atoms with van der Waals surface area (Å²) in [5, 5.41) is 14.0. The fourth-order valence-electron chi connectivity index (χ4n) is 5.68. The maximum Gasteiger partial charge on any atom is 0.267 e. The average Bonchev–Trinajstić information content (AvgIpc) is 3.37. The van der Waals surface area contributed by atoms with Gasteiger partial charge in [-0.05, 0) is 89.9 Å². The van der Waals surface area contributed by atoms with E-state index in [-0.39, 0.29) is 58.2 Å². The lowest BCUT2D eigenvalue weighted by molar-refractivity contribution is -0.0177. The Labute approximate surface area is 272 Å². The van der Waals surface area contributed by atoms with Crippen LogP contribution in [0.3, 0.4) is 0 Å². The number of likely N-dealkylation sites (N-methyl/N-ethyl adjacent to an activating group) is 1. The van der Waals surface area contributed by atoms with Crippen molar-refractivity contribution in [1.82, 2.24) is 19.9 Å². The number of aliphatic hydroxyl groups is 1. The summed E-state index contributed by atoms with van der Waals surface area (Å²) in [5.41, 5.74) is 1.76. The second-order valence-electron chi connectivity index (χ2n) is 12.3. The Morgan fingerprint density at radius 1 is 1.15 bits per heavy atom. The van der Waals surface area contributed by atoms with E-state index in [9.17, 15) is 18.3 Å². The summed E-state index contributed by atoms with van der Waals surface area (Å²) in [4.78, 5) is 22.2. The van der Waals surface area contributed by atoms with Crippen molar-refractivity contribution in [3.63, 3.8) is 0 Å². The highest BCUT2D eigenvalue weighted by molar-refractivity contribution is 7.92. The second-order valence-corrected chi connectivity index (χ2v) is 13.9. The molecule has 4 rings (SSSR count). The van der Waals surface area contributed by atoms with Crippen molar-refractivity contribution in [1.29, 1.82) is 0 Å². The minimum absolute atomic E-state index is 0.0481. The number of ether oxygens (including phenoxy) is 2. The highest BCUT2D eigenvalue weighted by Crippen LogP contribution is 2.30. The van der Waals surface area contributed by atoms with Gasteiger partial charge in [0.05, 0.1) is 30.4 Å². The van der Waals surface area contributed by atoms with E-state index in [0.717, 1.165) is 31.4 Å². The number of aliphatic hydroxyl groups excluding tert-OH is 1. The van der Waals surface area contributed by atoms with E-state index < -0.39 is 16.1 Å². The van der Waals surface area contributed by atoms with Crippen molar-refractivity contribution in [3.05, 3.63) is 65.3 Å². The van der Waals surface area contributed by atoms with Gasteiger partial charge in [-0.15, -0.1) is 0 Å². The van der Waals surface area contributed by atoms with Gasteiger partial charge >= 0.3 is 0 Å². The van der Waals surface area contributed by atoms with E-state index in [1.54, 1.807) is 43.3 Å². The third-order valence-corrected chi connectivity index (χ3v) is 9.86. The molecule has 12 nitrogen and oxygen atoms in total. The Hall–Kier alpha value is -3.52. The Bertz CT molecular complexity index is 1530. The first kappa shape index (κ1) is 35.3. The van der Waals surface area contributed by atoms with Crippen LogP contribution in [0.15, 0.2) is 52.1 Å². The van der Waals surface area contributed by atoms with E-state index in [1.807, 2.05) is 26.1 Å². The number of nitrogens with zero attached hydrogens (tertiary/aromatic N) is 4. The first-order valence-corrected chi connectivity index (χ1v) is 17.2. The Morgan fingerprint density at radius 3 is 2.57 bits per heavy atom. The molecule has 13 heteroatoms. The molecular formula is C33H47N5O7S. The van der Waals surface area contributed by atoms with Crippen LogP contribution in [0.2, 0.25) is 0 Å². The first-order chi connectivity index (χ1) is 21.9. The lowest BCUT2D eigenvalue weighted by atomic mass is 10.0. The van der Waals surface area contributed by atoms with Crippen LogP contribution in [0.25, 0.3) is 0 Å². The summed E-state index contributed by atoms with van der Waals surface area (Å²) in [7, 11) is -2.01. The van der Waals surface area contributed by atoms with Gasteiger partial charge < -0.3 is 24.0 Å². The molecule has 2 aromatic heterocycles. The SMILES string of the molecule is Cc1noc(C)c1S(=O)(=O)Nc1ccc2c(c1)C(=O)N([C@@H](C)CO)C[C@@H](C)[C@@H](CN(C)Cc1ccncc1)OCCCC[C@@H](C)O2. The number of rotatable bonds is 9. The van der Waals surface area contributed by atoms with Crippen LogP contribution in [0.5, 0.6) is 5.75 Å². The number of carbonyl (C=O) groups excluding carboxylic acids is 1. The van der Waals surface area contributed by atoms with Crippen LogP contribution in [-0.4, -0.2) is 91.0 Å². The minimum atomic E-state index is -4.06. The number of amides is 1. The number of anilines is 1. The zero-order chi connectivity index (χ0) is 33.4. The summed E-state index contributed by atoms with van der Waals surface area (Å²) >= 11 is 0. The maximum atomic E-state index is 14.4. The molecule has 3 heterocycles. The molecule has 1 aliphatic heterocycles. The zero-order valence-electron chi connectivity index (χ0n) is 27.6. The molecule has 0 unspecified atom stereocenters. The molecule has 1 aliphatic rings. The molecule has 0 radical (unpaired) electrons. The van der Waals surface area contributed by atoms with Crippen LogP contribution in [0.1, 0.15) is 67.4 Å². The van der Waals surface area contributed by atoms with E-state index in [2.05, 4.69) is 26.7 Å². The summed E-state index contributed by atoms with van der Waals surface area (Å²) < 4.78 is 46.9. The molecule has 4 atom stereocenters. The summed E-state index contributed by atoms with van der Waals surface area (Å²) in [6, 6.07) is 8.13. The van der Waals surface area contributed by atoms with Gasteiger partial charge in [0.1, 0.15) is 11.4 Å². The van der Waals surface area contributed by atoms with Crippen molar-refractivity contribution in [2.75, 3.05) is 38.1 Å². The van der Waals surface area contributed by atoms with Crippen molar-refractivity contribution in [2.45, 2.75) is 83.6 Å². The average molecular weight is 658 g/mol. The summed E-state index contributed by atoms with van der Waals surface area (Å²) in [6.45, 7) is 10.9. The van der Waals surface area contributed by atoms with E-state index in [4.69, 9.17) is 14.0 Å². The molecule has 0 spiro atoms. The fraction of sp³-hybridized carbons (Fsp3) is 0.545. The molecule has 0 saturated carbocycles. The number of carbonyl (C=O) groups is 1. The normalized spacial score (nSPS) is 20.9. The topological polar surface area (TPSA) is 147 Å². The highest BCUT2D eigenvalue weighted by Gasteiger charge is 2.31. The van der Waals surface area contributed by atoms with Crippen LogP contribution >= 0.6 is 0 Å². The van der Waals surface area contributed by atoms with Gasteiger partial charge in [-0.2, -0.15) is 0 Å². The predicted octanol–water partition coefficient (Wildman–Crippen LogP) is 4.41. The lowest BCUT2D eigenvalue weighted by Gasteiger charge is -2.36. The molecule has 46 heavy (non-hydrogen) atoms. The number of benzene rings is 1. The number of pyridine rings is 1. The van der Waals surface area contributed by atoms with Gasteiger partial charge in [0.25, 0.3) is 15.9 Å². The number of nitrogens with one attached hydrogen (secondary N) is 1. The van der Waals surface area contributed by atoms with E-state index in [1.165, 1.54) is 13.0 Å². The monoisotopic (exact) mass is 657 g/mol. The van der Waals surface area contributed by atoms with Crippen LogP contribution < -0.4 is 9.46 Å². The van der Waals surface area contributed by atoms with Crippen molar-refractivity contribution < 1.29 is 32.3 Å². The minimum Gasteiger partial charge on any atom is -0.490 e. The van der Waals surface area contributed by atoms with Gasteiger partial charge in [0, 0.05) is 50.2 Å². The maximum absolute atomic E-state index is 14.4. The number of fused-ring (bicyclic) bond motifs is 1. The van der Waals surface area contributed by atoms with Crippen LogP contribution in [0, 0.1) is 19.8 Å². The largest absolute Gasteiger partial charge is 0.490 e. The third-order valence-electron chi connectivity index (χ3n) is 8.23. The molecule has 0 aliphatic carbocycles. The number of aryl methyl sites for hydroxylation is 2. The van der Waals surface area contributed by atoms with Crippen molar-refractivity contribution in [2.24, 2.45) is 5.92 Å². The number of aromatic nitrogens is 2. The van der Waals surface area contributed by atoms with Gasteiger partial charge in [0.2, 0.25) is 0 Å². The Balaban J connectivity index is 1.66. The fourth-order valence-corrected chi connectivity index (χ4v) is 7.07. The zero-order valence-corrected chi connectivity index (χ0v) is 28.4. The Morgan fingerprint density at radius 2 is 1.89 bits per heavy atom.